The number of nitrogens with zero attached hydrogens (tertiary/aromatic N) is 1. The molecule has 1 aromatic carbocycles. The fourth-order valence-corrected chi connectivity index (χ4v) is 3.64. The van der Waals surface area contributed by atoms with E-state index in [1.54, 1.807) is 20.4 Å². The van der Waals surface area contributed by atoms with Crippen LogP contribution in [0.4, 0.5) is 5.69 Å². The van der Waals surface area contributed by atoms with E-state index in [1.165, 1.54) is 0 Å². The van der Waals surface area contributed by atoms with Gasteiger partial charge in [-0.3, -0.25) is 9.78 Å². The summed E-state index contributed by atoms with van der Waals surface area (Å²) in [5.41, 5.74) is 0.728. The fourth-order valence-electron chi connectivity index (χ4n) is 3.64. The molecule has 5 heteroatoms. The molecule has 0 bridgehead atoms. The van der Waals surface area contributed by atoms with Crippen LogP contribution in [0.3, 0.4) is 0 Å². The molecule has 0 spiro atoms. The van der Waals surface area contributed by atoms with Gasteiger partial charge in [-0.05, 0) is 49.4 Å². The number of ether oxygens (including phenoxy) is 2. The molecule has 0 unspecified atom stereocenters. The second kappa shape index (κ2) is 6.77. The lowest BCUT2D eigenvalue weighted by molar-refractivity contribution is -0.143. The Morgan fingerprint density at radius 1 is 1.33 bits per heavy atom. The maximum absolute atomic E-state index is 13.0. The number of hydrogen-bond donors (Lipinski definition) is 1. The summed E-state index contributed by atoms with van der Waals surface area (Å²) in [5, 5.41) is 3.92. The molecule has 1 N–H and O–H groups in total. The number of hydrogen-bond acceptors (Lipinski definition) is 4. The molecular formula is C19H24N2O3. The summed E-state index contributed by atoms with van der Waals surface area (Å²) in [6.45, 7) is 2.17. The van der Waals surface area contributed by atoms with E-state index in [4.69, 9.17) is 9.47 Å². The number of carbonyl (C=O) groups is 1. The second-order valence-corrected chi connectivity index (χ2v) is 6.57. The van der Waals surface area contributed by atoms with Gasteiger partial charge in [0.25, 0.3) is 5.91 Å². The molecule has 128 valence electrons. The third-order valence-corrected chi connectivity index (χ3v) is 4.96. The minimum Gasteiger partial charge on any atom is -0.494 e. The van der Waals surface area contributed by atoms with Crippen LogP contribution in [0.25, 0.3) is 10.9 Å². The standard InChI is InChI=1S/C19H24N2O3/c1-13-6-4-10-19(12-13,24-3)18(22)21-15-8-9-16(23-2)17-14(15)7-5-11-20-17/h5,7-9,11,13H,4,6,10,12H2,1-3H3,(H,21,22)/t13-,19+/m0/s1. The number of anilines is 1. The Hall–Kier alpha value is -2.14. The normalized spacial score (nSPS) is 23.9. The number of aromatic nitrogens is 1. The number of fused-ring (bicyclic) bond motifs is 1. The quantitative estimate of drug-likeness (QED) is 0.928. The minimum absolute atomic E-state index is 0.0770. The van der Waals surface area contributed by atoms with Gasteiger partial charge in [-0.15, -0.1) is 0 Å². The molecule has 2 aromatic rings. The molecule has 1 aliphatic carbocycles. The smallest absolute Gasteiger partial charge is 0.256 e. The SMILES string of the molecule is COc1ccc(NC(=O)[C@@]2(OC)CCC[C@H](C)C2)c2cccnc12. The van der Waals surface area contributed by atoms with Crippen LogP contribution >= 0.6 is 0 Å². The van der Waals surface area contributed by atoms with Gasteiger partial charge in [0.15, 0.2) is 0 Å². The van der Waals surface area contributed by atoms with Crippen molar-refractivity contribution in [2.45, 2.75) is 38.2 Å². The van der Waals surface area contributed by atoms with Crippen molar-refractivity contribution in [3.05, 3.63) is 30.5 Å². The highest BCUT2D eigenvalue weighted by Crippen LogP contribution is 2.37. The van der Waals surface area contributed by atoms with E-state index >= 15 is 0 Å². The van der Waals surface area contributed by atoms with Crippen LogP contribution in [0.2, 0.25) is 0 Å². The van der Waals surface area contributed by atoms with Crippen LogP contribution in [0.15, 0.2) is 30.5 Å². The molecule has 0 saturated heterocycles. The number of benzene rings is 1. The summed E-state index contributed by atoms with van der Waals surface area (Å²) in [7, 11) is 3.25. The predicted octanol–water partition coefficient (Wildman–Crippen LogP) is 3.78. The molecule has 0 aliphatic heterocycles. The van der Waals surface area contributed by atoms with Crippen LogP contribution in [0.1, 0.15) is 32.6 Å². The first-order valence-electron chi connectivity index (χ1n) is 8.38. The molecule has 24 heavy (non-hydrogen) atoms. The van der Waals surface area contributed by atoms with E-state index in [-0.39, 0.29) is 5.91 Å². The fraction of sp³-hybridized carbons (Fsp3) is 0.474. The van der Waals surface area contributed by atoms with Crippen molar-refractivity contribution in [2.75, 3.05) is 19.5 Å². The van der Waals surface area contributed by atoms with Crippen LogP contribution in [-0.2, 0) is 9.53 Å². The molecule has 5 nitrogen and oxygen atoms in total. The number of amides is 1. The largest absolute Gasteiger partial charge is 0.494 e. The Bertz CT molecular complexity index is 746. The third-order valence-electron chi connectivity index (χ3n) is 4.96. The first-order valence-corrected chi connectivity index (χ1v) is 8.38. The van der Waals surface area contributed by atoms with E-state index in [2.05, 4.69) is 17.2 Å². The summed E-state index contributed by atoms with van der Waals surface area (Å²) in [6.07, 6.45) is 5.38. The van der Waals surface area contributed by atoms with Gasteiger partial charge < -0.3 is 14.8 Å². The molecule has 0 radical (unpaired) electrons. The van der Waals surface area contributed by atoms with Crippen LogP contribution in [0, 0.1) is 5.92 Å². The highest BCUT2D eigenvalue weighted by molar-refractivity contribution is 6.05. The molecule has 3 rings (SSSR count). The number of rotatable bonds is 4. The van der Waals surface area contributed by atoms with Gasteiger partial charge in [-0.25, -0.2) is 0 Å². The molecular weight excluding hydrogens is 304 g/mol. The molecule has 1 saturated carbocycles. The van der Waals surface area contributed by atoms with Gasteiger partial charge in [0.2, 0.25) is 0 Å². The summed E-state index contributed by atoms with van der Waals surface area (Å²) in [4.78, 5) is 17.4. The second-order valence-electron chi connectivity index (χ2n) is 6.57. The zero-order chi connectivity index (χ0) is 17.2. The van der Waals surface area contributed by atoms with Crippen molar-refractivity contribution in [1.82, 2.24) is 4.98 Å². The van der Waals surface area contributed by atoms with Crippen LogP contribution < -0.4 is 10.1 Å². The van der Waals surface area contributed by atoms with E-state index in [1.807, 2.05) is 24.3 Å². The Labute approximate surface area is 142 Å². The lowest BCUT2D eigenvalue weighted by Gasteiger charge is -2.37. The van der Waals surface area contributed by atoms with Gasteiger partial charge in [-0.2, -0.15) is 0 Å². The average Bonchev–Trinajstić information content (AvgIpc) is 2.61. The highest BCUT2D eigenvalue weighted by Gasteiger charge is 2.42. The van der Waals surface area contributed by atoms with E-state index in [0.29, 0.717) is 11.7 Å². The van der Waals surface area contributed by atoms with Crippen LogP contribution in [-0.4, -0.2) is 30.7 Å². The molecule has 1 aromatic heterocycles. The summed E-state index contributed by atoms with van der Waals surface area (Å²) in [6, 6.07) is 7.47. The molecule has 1 amide bonds. The molecule has 1 aliphatic rings. The number of carbonyl (C=O) groups excluding carboxylic acids is 1. The van der Waals surface area contributed by atoms with E-state index in [0.717, 1.165) is 42.3 Å². The summed E-state index contributed by atoms with van der Waals surface area (Å²) in [5.74, 6) is 1.10. The Balaban J connectivity index is 1.93. The van der Waals surface area contributed by atoms with Crippen molar-refractivity contribution >= 4 is 22.5 Å². The van der Waals surface area contributed by atoms with Gasteiger partial charge in [0.1, 0.15) is 16.9 Å². The summed E-state index contributed by atoms with van der Waals surface area (Å²) < 4.78 is 11.0. The van der Waals surface area contributed by atoms with E-state index < -0.39 is 5.60 Å². The molecule has 1 heterocycles. The van der Waals surface area contributed by atoms with Crippen molar-refractivity contribution < 1.29 is 14.3 Å². The van der Waals surface area contributed by atoms with Crippen molar-refractivity contribution in [3.8, 4) is 5.75 Å². The topological polar surface area (TPSA) is 60.5 Å². The predicted molar refractivity (Wildman–Crippen MR) is 94.3 cm³/mol. The zero-order valence-electron chi connectivity index (χ0n) is 14.5. The average molecular weight is 328 g/mol. The Morgan fingerprint density at radius 3 is 2.88 bits per heavy atom. The monoisotopic (exact) mass is 328 g/mol. The Kier molecular flexibility index (Phi) is 4.71. The maximum Gasteiger partial charge on any atom is 0.256 e. The van der Waals surface area contributed by atoms with Crippen LogP contribution in [0.5, 0.6) is 5.75 Å². The van der Waals surface area contributed by atoms with Gasteiger partial charge in [0.05, 0.1) is 12.8 Å². The lowest BCUT2D eigenvalue weighted by Crippen LogP contribution is -2.47. The Morgan fingerprint density at radius 2 is 2.17 bits per heavy atom. The maximum atomic E-state index is 13.0. The minimum atomic E-state index is -0.744. The lowest BCUT2D eigenvalue weighted by atomic mass is 9.78. The van der Waals surface area contributed by atoms with E-state index in [9.17, 15) is 4.79 Å². The molecule has 2 atom stereocenters. The highest BCUT2D eigenvalue weighted by atomic mass is 16.5. The first kappa shape index (κ1) is 16.7. The number of pyridine rings is 1. The van der Waals surface area contributed by atoms with Crippen molar-refractivity contribution in [2.24, 2.45) is 5.92 Å². The van der Waals surface area contributed by atoms with Gasteiger partial charge >= 0.3 is 0 Å². The first-order chi connectivity index (χ1) is 11.6. The summed E-state index contributed by atoms with van der Waals surface area (Å²) >= 11 is 0. The third kappa shape index (κ3) is 2.96. The van der Waals surface area contributed by atoms with Gasteiger partial charge in [-0.1, -0.05) is 13.3 Å². The number of nitrogens with one attached hydrogen (secondary N) is 1. The van der Waals surface area contributed by atoms with Gasteiger partial charge in [0, 0.05) is 18.7 Å². The van der Waals surface area contributed by atoms with Crippen molar-refractivity contribution in [1.29, 1.82) is 0 Å². The number of methoxy groups -OCH3 is 2. The van der Waals surface area contributed by atoms with Crippen molar-refractivity contribution in [3.63, 3.8) is 0 Å². The molecule has 1 fully saturated rings. The zero-order valence-corrected chi connectivity index (χ0v) is 14.5.